The number of rotatable bonds is 14. The topological polar surface area (TPSA) is 114 Å². The van der Waals surface area contributed by atoms with Crippen LogP contribution in [0.1, 0.15) is 45.9 Å². The second-order valence-corrected chi connectivity index (χ2v) is 12.6. The Morgan fingerprint density at radius 1 is 0.746 bits per heavy atom. The van der Waals surface area contributed by atoms with Gasteiger partial charge in [0.25, 0.3) is 0 Å². The summed E-state index contributed by atoms with van der Waals surface area (Å²) in [5.41, 5.74) is -1.00. The van der Waals surface area contributed by atoms with Crippen molar-refractivity contribution in [3.63, 3.8) is 0 Å². The van der Waals surface area contributed by atoms with Crippen molar-refractivity contribution in [1.82, 2.24) is 0 Å². The molecule has 15 heteroatoms. The van der Waals surface area contributed by atoms with Crippen molar-refractivity contribution in [3.8, 4) is 40.9 Å². The fourth-order valence-corrected chi connectivity index (χ4v) is 4.62. The lowest BCUT2D eigenvalue weighted by molar-refractivity contribution is -0.143. The van der Waals surface area contributed by atoms with E-state index in [-0.39, 0.29) is 30.1 Å². The normalized spacial score (nSPS) is 10.7. The van der Waals surface area contributed by atoms with Crippen LogP contribution >= 0.6 is 0 Å². The van der Waals surface area contributed by atoms with E-state index < -0.39 is 70.0 Å². The summed E-state index contributed by atoms with van der Waals surface area (Å²) >= 11 is 0. The monoisotopic (exact) mass is 866 g/mol. The Kier molecular flexibility index (Phi) is 16.4. The van der Waals surface area contributed by atoms with Crippen LogP contribution in [0.15, 0.2) is 134 Å². The summed E-state index contributed by atoms with van der Waals surface area (Å²) in [5.74, 6) is 1.20. The molecule has 0 amide bonds. The molecule has 0 aromatic heterocycles. The number of hydrogen-bond acceptors (Lipinski definition) is 9. The van der Waals surface area contributed by atoms with Gasteiger partial charge in [0, 0.05) is 34.4 Å². The molecule has 0 aliphatic rings. The quantitative estimate of drug-likeness (QED) is 0.0305. The first kappa shape index (κ1) is 47.4. The zero-order valence-corrected chi connectivity index (χ0v) is 33.0. The van der Waals surface area contributed by atoms with Gasteiger partial charge >= 0.3 is 30.1 Å². The molecule has 0 aliphatic carbocycles. The van der Waals surface area contributed by atoms with Crippen LogP contribution < -0.4 is 14.2 Å². The molecule has 0 atom stereocenters. The van der Waals surface area contributed by atoms with Crippen LogP contribution in [-0.2, 0) is 35.3 Å². The van der Waals surface area contributed by atoms with Crippen molar-refractivity contribution in [2.24, 2.45) is 0 Å². The van der Waals surface area contributed by atoms with E-state index in [9.17, 15) is 36.7 Å². The van der Waals surface area contributed by atoms with E-state index in [4.69, 9.17) is 23.7 Å². The zero-order chi connectivity index (χ0) is 46.3. The molecule has 0 unspecified atom stereocenters. The van der Waals surface area contributed by atoms with Gasteiger partial charge in [0.05, 0.1) is 11.8 Å². The molecule has 0 fully saturated rings. The van der Waals surface area contributed by atoms with Gasteiger partial charge in [-0.1, -0.05) is 80.3 Å². The first-order chi connectivity index (χ1) is 29.9. The molecule has 0 bridgehead atoms. The van der Waals surface area contributed by atoms with E-state index in [1.807, 2.05) is 0 Å². The van der Waals surface area contributed by atoms with Crippen molar-refractivity contribution in [3.05, 3.63) is 185 Å². The number of alkyl halides is 3. The summed E-state index contributed by atoms with van der Waals surface area (Å²) < 4.78 is 108. The van der Waals surface area contributed by atoms with Crippen LogP contribution in [0, 0.1) is 35.3 Å². The molecule has 0 heterocycles. The standard InChI is InChI=1S/C48H32F6O9/c1-6-42(55)62-41-27-37(19-13-32-9-11-35(12-10-32)28-61-47(58)31(5)49)43(50)44(51)39(41)22-17-33-15-20-38(21-16-33)59-24-7-8-34-14-18-36(23-25-60-45(56)29(2)3)40(26-34)63-46(57)30(4)48(52,53)54/h6-12,14-16,18,20-21,23,25-27H,1-2,4-5,24,28H2,3H3/b8-7+,25-23+. The third-order valence-corrected chi connectivity index (χ3v) is 7.88. The minimum absolute atomic E-state index is 0.0118. The van der Waals surface area contributed by atoms with Crippen molar-refractivity contribution < 1.29 is 69.2 Å². The third-order valence-electron chi connectivity index (χ3n) is 7.88. The fourth-order valence-electron chi connectivity index (χ4n) is 4.62. The third kappa shape index (κ3) is 14.2. The maximum absolute atomic E-state index is 15.4. The summed E-state index contributed by atoms with van der Waals surface area (Å²) in [5, 5.41) is 0. The molecule has 9 nitrogen and oxygen atoms in total. The lowest BCUT2D eigenvalue weighted by Gasteiger charge is -2.12. The second kappa shape index (κ2) is 21.8. The van der Waals surface area contributed by atoms with Gasteiger partial charge in [0.2, 0.25) is 5.83 Å². The number of halogens is 6. The minimum Gasteiger partial charge on any atom is -0.490 e. The Morgan fingerprint density at radius 2 is 1.40 bits per heavy atom. The van der Waals surface area contributed by atoms with Gasteiger partial charge in [-0.2, -0.15) is 17.6 Å². The van der Waals surface area contributed by atoms with Gasteiger partial charge in [0.1, 0.15) is 35.8 Å². The molecule has 0 radical (unpaired) electrons. The summed E-state index contributed by atoms with van der Waals surface area (Å²) in [4.78, 5) is 47.2. The number of ether oxygens (including phenoxy) is 5. The molecular weight excluding hydrogens is 835 g/mol. The van der Waals surface area contributed by atoms with Crippen LogP contribution in [-0.4, -0.2) is 36.7 Å². The predicted molar refractivity (Wildman–Crippen MR) is 219 cm³/mol. The van der Waals surface area contributed by atoms with Gasteiger partial charge in [-0.15, -0.1) is 0 Å². The Labute approximate surface area is 356 Å². The summed E-state index contributed by atoms with van der Waals surface area (Å²) in [7, 11) is 0. The number of esters is 4. The molecule has 0 N–H and O–H groups in total. The molecule has 0 saturated heterocycles. The van der Waals surface area contributed by atoms with E-state index in [1.165, 1.54) is 79.7 Å². The Morgan fingerprint density at radius 3 is 2.02 bits per heavy atom. The van der Waals surface area contributed by atoms with Gasteiger partial charge in [-0.05, 0) is 72.7 Å². The van der Waals surface area contributed by atoms with Crippen molar-refractivity contribution >= 4 is 36.0 Å². The molecule has 4 aromatic rings. The minimum atomic E-state index is -5.03. The highest BCUT2D eigenvalue weighted by Crippen LogP contribution is 2.30. The maximum atomic E-state index is 15.4. The first-order valence-corrected chi connectivity index (χ1v) is 17.9. The number of benzene rings is 4. The highest BCUT2D eigenvalue weighted by atomic mass is 19.4. The molecular formula is C48H32F6O9. The van der Waals surface area contributed by atoms with E-state index in [0.29, 0.717) is 28.0 Å². The Balaban J connectivity index is 1.47. The smallest absolute Gasteiger partial charge is 0.422 e. The highest BCUT2D eigenvalue weighted by molar-refractivity contribution is 5.91. The molecule has 4 rings (SSSR count). The molecule has 4 aromatic carbocycles. The van der Waals surface area contributed by atoms with E-state index in [2.05, 4.69) is 50.0 Å². The molecule has 320 valence electrons. The summed E-state index contributed by atoms with van der Waals surface area (Å²) in [6.45, 7) is 13.5. The number of carbonyl (C=O) groups is 4. The van der Waals surface area contributed by atoms with Crippen LogP contribution in [0.5, 0.6) is 17.2 Å². The van der Waals surface area contributed by atoms with Crippen LogP contribution in [0.2, 0.25) is 0 Å². The SMILES string of the molecule is C=CC(=O)Oc1cc(C#Cc2ccc(COC(=O)C(=C)F)cc2)c(F)c(F)c1C#Cc1ccc(OC/C=C/c2ccc(/C=C/OC(=O)C(=C)C)c(OC(=O)C(=C)C(F)(F)F)c2)cc1. The van der Waals surface area contributed by atoms with Gasteiger partial charge in [-0.3, -0.25) is 0 Å². The maximum Gasteiger partial charge on any atom is 0.422 e. The number of carbonyl (C=O) groups excluding carboxylic acids is 4. The largest absolute Gasteiger partial charge is 0.490 e. The van der Waals surface area contributed by atoms with Crippen molar-refractivity contribution in [2.45, 2.75) is 19.7 Å². The summed E-state index contributed by atoms with van der Waals surface area (Å²) in [6, 6.07) is 17.3. The lowest BCUT2D eigenvalue weighted by atomic mass is 10.1. The molecule has 0 saturated carbocycles. The number of hydrogen-bond donors (Lipinski definition) is 0. The van der Waals surface area contributed by atoms with Gasteiger partial charge in [-0.25, -0.2) is 28.0 Å². The Bertz CT molecular complexity index is 2670. The van der Waals surface area contributed by atoms with Crippen LogP contribution in [0.4, 0.5) is 26.3 Å². The predicted octanol–water partition coefficient (Wildman–Crippen LogP) is 9.59. The summed E-state index contributed by atoms with van der Waals surface area (Å²) in [6.07, 6.45) is 1.03. The van der Waals surface area contributed by atoms with Crippen LogP contribution in [0.25, 0.3) is 12.2 Å². The average molecular weight is 867 g/mol. The molecule has 63 heavy (non-hydrogen) atoms. The van der Waals surface area contributed by atoms with Crippen LogP contribution in [0.3, 0.4) is 0 Å². The molecule has 0 aliphatic heterocycles. The lowest BCUT2D eigenvalue weighted by Crippen LogP contribution is -2.23. The fraction of sp³-hybridized carbons (Fsp3) is 0.0833. The van der Waals surface area contributed by atoms with E-state index in [1.54, 1.807) is 12.1 Å². The van der Waals surface area contributed by atoms with E-state index >= 15 is 8.78 Å². The van der Waals surface area contributed by atoms with Gasteiger partial charge in [0.15, 0.2) is 17.4 Å². The van der Waals surface area contributed by atoms with Gasteiger partial charge < -0.3 is 23.7 Å². The van der Waals surface area contributed by atoms with Crippen molar-refractivity contribution in [1.29, 1.82) is 0 Å². The Hall–Kier alpha value is -8.30. The zero-order valence-electron chi connectivity index (χ0n) is 33.0. The molecule has 0 spiro atoms. The average Bonchev–Trinajstić information content (AvgIpc) is 3.25. The van der Waals surface area contributed by atoms with E-state index in [0.717, 1.165) is 18.4 Å². The second-order valence-electron chi connectivity index (χ2n) is 12.6. The van der Waals surface area contributed by atoms with Crippen molar-refractivity contribution in [2.75, 3.05) is 6.61 Å². The first-order valence-electron chi connectivity index (χ1n) is 17.9. The highest BCUT2D eigenvalue weighted by Gasteiger charge is 2.38.